The lowest BCUT2D eigenvalue weighted by molar-refractivity contribution is 0.0574. The first-order valence-corrected chi connectivity index (χ1v) is 7.98. The molecule has 1 N–H and O–H groups in total. The molecule has 1 aromatic carbocycles. The molecular formula is C18H20FN3O2. The summed E-state index contributed by atoms with van der Waals surface area (Å²) in [5.74, 6) is -1.46. The number of halogens is 1. The Morgan fingerprint density at radius 3 is 2.58 bits per heavy atom. The Kier molecular flexibility index (Phi) is 4.76. The number of aromatic nitrogens is 1. The fourth-order valence-corrected chi connectivity index (χ4v) is 3.03. The third-order valence-corrected chi connectivity index (χ3v) is 4.52. The Balaban J connectivity index is 1.66. The van der Waals surface area contributed by atoms with E-state index in [1.54, 1.807) is 11.1 Å². The van der Waals surface area contributed by atoms with Crippen molar-refractivity contribution in [3.8, 4) is 5.75 Å². The molecule has 24 heavy (non-hydrogen) atoms. The van der Waals surface area contributed by atoms with Crippen molar-refractivity contribution in [2.24, 2.45) is 0 Å². The number of amides is 1. The van der Waals surface area contributed by atoms with Gasteiger partial charge in [0, 0.05) is 44.6 Å². The highest BCUT2D eigenvalue weighted by atomic mass is 19.1. The van der Waals surface area contributed by atoms with Crippen molar-refractivity contribution in [1.82, 2.24) is 14.8 Å². The number of hydrogen-bond acceptors (Lipinski definition) is 4. The average molecular weight is 329 g/mol. The molecule has 0 bridgehead atoms. The van der Waals surface area contributed by atoms with Gasteiger partial charge < -0.3 is 10.0 Å². The largest absolute Gasteiger partial charge is 0.507 e. The highest BCUT2D eigenvalue weighted by Crippen LogP contribution is 2.24. The van der Waals surface area contributed by atoms with Crippen LogP contribution in [0.3, 0.4) is 0 Å². The molecule has 1 aliphatic rings. The molecule has 1 unspecified atom stereocenters. The molecule has 5 nitrogen and oxygen atoms in total. The van der Waals surface area contributed by atoms with Gasteiger partial charge in [-0.05, 0) is 30.7 Å². The normalized spacial score (nSPS) is 16.8. The van der Waals surface area contributed by atoms with E-state index in [4.69, 9.17) is 0 Å². The highest BCUT2D eigenvalue weighted by molar-refractivity contribution is 5.97. The monoisotopic (exact) mass is 329 g/mol. The minimum atomic E-state index is -0.689. The van der Waals surface area contributed by atoms with Crippen molar-refractivity contribution in [3.05, 3.63) is 59.7 Å². The molecule has 0 saturated carbocycles. The van der Waals surface area contributed by atoms with Crippen LogP contribution in [0, 0.1) is 5.82 Å². The van der Waals surface area contributed by atoms with E-state index in [0.29, 0.717) is 26.2 Å². The van der Waals surface area contributed by atoms with E-state index >= 15 is 0 Å². The molecule has 126 valence electrons. The first-order valence-electron chi connectivity index (χ1n) is 7.98. The molecular weight excluding hydrogens is 309 g/mol. The lowest BCUT2D eigenvalue weighted by atomic mass is 10.1. The number of carbonyl (C=O) groups excluding carboxylic acids is 1. The summed E-state index contributed by atoms with van der Waals surface area (Å²) in [6.45, 7) is 4.49. The summed E-state index contributed by atoms with van der Waals surface area (Å²) in [5, 5.41) is 9.78. The van der Waals surface area contributed by atoms with Crippen LogP contribution in [0.1, 0.15) is 28.9 Å². The van der Waals surface area contributed by atoms with Crippen molar-refractivity contribution in [3.63, 3.8) is 0 Å². The third-order valence-electron chi connectivity index (χ3n) is 4.52. The second-order valence-electron chi connectivity index (χ2n) is 5.92. The average Bonchev–Trinajstić information content (AvgIpc) is 2.62. The zero-order valence-electron chi connectivity index (χ0n) is 13.5. The van der Waals surface area contributed by atoms with Crippen LogP contribution in [0.5, 0.6) is 5.75 Å². The maximum atomic E-state index is 13.9. The molecule has 1 aromatic heterocycles. The van der Waals surface area contributed by atoms with E-state index in [-0.39, 0.29) is 17.4 Å². The molecule has 1 aliphatic heterocycles. The summed E-state index contributed by atoms with van der Waals surface area (Å²) in [5.41, 5.74) is 0.885. The summed E-state index contributed by atoms with van der Waals surface area (Å²) in [4.78, 5) is 20.5. The van der Waals surface area contributed by atoms with E-state index in [9.17, 15) is 14.3 Å². The molecule has 1 fully saturated rings. The van der Waals surface area contributed by atoms with Gasteiger partial charge in [0.2, 0.25) is 0 Å². The Morgan fingerprint density at radius 1 is 1.21 bits per heavy atom. The summed E-state index contributed by atoms with van der Waals surface area (Å²) in [7, 11) is 0. The minimum absolute atomic E-state index is 0.206. The Hall–Kier alpha value is -2.47. The molecule has 1 amide bonds. The number of phenolic OH excluding ortho intramolecular Hbond substituents is 1. The number of pyridine rings is 1. The maximum absolute atomic E-state index is 13.9. The lowest BCUT2D eigenvalue weighted by Gasteiger charge is -2.38. The summed E-state index contributed by atoms with van der Waals surface area (Å²) < 4.78 is 13.9. The molecule has 2 heterocycles. The van der Waals surface area contributed by atoms with Crippen molar-refractivity contribution in [2.75, 3.05) is 26.2 Å². The first-order chi connectivity index (χ1) is 11.6. The SMILES string of the molecule is CC(c1cccnc1)N1CCN(C(=O)c2c(O)cccc2F)CC1. The molecule has 0 spiro atoms. The zero-order chi connectivity index (χ0) is 17.1. The number of hydrogen-bond donors (Lipinski definition) is 1. The molecule has 1 atom stereocenters. The van der Waals surface area contributed by atoms with Crippen LogP contribution in [-0.4, -0.2) is 52.0 Å². The topological polar surface area (TPSA) is 56.7 Å². The molecule has 0 radical (unpaired) electrons. The van der Waals surface area contributed by atoms with Crippen LogP contribution in [0.25, 0.3) is 0 Å². The van der Waals surface area contributed by atoms with E-state index in [1.807, 2.05) is 18.3 Å². The van der Waals surface area contributed by atoms with Gasteiger partial charge in [-0.25, -0.2) is 4.39 Å². The van der Waals surface area contributed by atoms with E-state index in [1.165, 1.54) is 18.2 Å². The van der Waals surface area contributed by atoms with Crippen LogP contribution in [-0.2, 0) is 0 Å². The van der Waals surface area contributed by atoms with Crippen molar-refractivity contribution >= 4 is 5.91 Å². The van der Waals surface area contributed by atoms with Gasteiger partial charge in [-0.3, -0.25) is 14.7 Å². The van der Waals surface area contributed by atoms with Gasteiger partial charge in [-0.2, -0.15) is 0 Å². The predicted molar refractivity (Wildman–Crippen MR) is 88.2 cm³/mol. The molecule has 3 rings (SSSR count). The number of piperazine rings is 1. The van der Waals surface area contributed by atoms with Crippen molar-refractivity contribution < 1.29 is 14.3 Å². The third kappa shape index (κ3) is 3.23. The Morgan fingerprint density at radius 2 is 1.96 bits per heavy atom. The van der Waals surface area contributed by atoms with Crippen LogP contribution in [0.2, 0.25) is 0 Å². The Labute approximate surface area is 140 Å². The molecule has 2 aromatic rings. The van der Waals surface area contributed by atoms with E-state index in [2.05, 4.69) is 16.8 Å². The van der Waals surface area contributed by atoms with Gasteiger partial charge >= 0.3 is 0 Å². The second kappa shape index (κ2) is 6.97. The van der Waals surface area contributed by atoms with Crippen molar-refractivity contribution in [2.45, 2.75) is 13.0 Å². The number of phenols is 1. The first kappa shape index (κ1) is 16.4. The van der Waals surface area contributed by atoms with Crippen molar-refractivity contribution in [1.29, 1.82) is 0 Å². The predicted octanol–water partition coefficient (Wildman–Crippen LogP) is 2.45. The molecule has 1 saturated heterocycles. The van der Waals surface area contributed by atoms with Crippen LogP contribution in [0.4, 0.5) is 4.39 Å². The van der Waals surface area contributed by atoms with Gasteiger partial charge in [0.05, 0.1) is 0 Å². The number of carbonyl (C=O) groups is 1. The van der Waals surface area contributed by atoms with E-state index in [0.717, 1.165) is 5.56 Å². The number of nitrogens with zero attached hydrogens (tertiary/aromatic N) is 3. The van der Waals surface area contributed by atoms with Gasteiger partial charge in [-0.1, -0.05) is 12.1 Å². The van der Waals surface area contributed by atoms with Gasteiger partial charge in [0.25, 0.3) is 5.91 Å². The van der Waals surface area contributed by atoms with Gasteiger partial charge in [0.1, 0.15) is 17.1 Å². The molecule has 0 aliphatic carbocycles. The minimum Gasteiger partial charge on any atom is -0.507 e. The number of aromatic hydroxyl groups is 1. The Bertz CT molecular complexity index is 695. The van der Waals surface area contributed by atoms with Crippen LogP contribution >= 0.6 is 0 Å². The number of rotatable bonds is 3. The summed E-state index contributed by atoms with van der Waals surface area (Å²) in [6, 6.07) is 8.05. The standard InChI is InChI=1S/C18H20FN3O2/c1-13(14-4-3-7-20-12-14)21-8-10-22(11-9-21)18(24)17-15(19)5-2-6-16(17)23/h2-7,12-13,23H,8-11H2,1H3. The zero-order valence-corrected chi connectivity index (χ0v) is 13.5. The van der Waals surface area contributed by atoms with E-state index < -0.39 is 11.7 Å². The quantitative estimate of drug-likeness (QED) is 0.940. The number of benzene rings is 1. The van der Waals surface area contributed by atoms with Gasteiger partial charge in [0.15, 0.2) is 0 Å². The highest BCUT2D eigenvalue weighted by Gasteiger charge is 2.28. The summed E-state index contributed by atoms with van der Waals surface area (Å²) >= 11 is 0. The second-order valence-corrected chi connectivity index (χ2v) is 5.92. The summed E-state index contributed by atoms with van der Waals surface area (Å²) in [6.07, 6.45) is 3.59. The maximum Gasteiger partial charge on any atom is 0.260 e. The molecule has 6 heteroatoms. The van der Waals surface area contributed by atoms with Crippen LogP contribution in [0.15, 0.2) is 42.7 Å². The fourth-order valence-electron chi connectivity index (χ4n) is 3.03. The smallest absolute Gasteiger partial charge is 0.260 e. The van der Waals surface area contributed by atoms with Crippen LogP contribution < -0.4 is 0 Å². The lowest BCUT2D eigenvalue weighted by Crippen LogP contribution is -2.49. The van der Waals surface area contributed by atoms with Gasteiger partial charge in [-0.15, -0.1) is 0 Å². The fraction of sp³-hybridized carbons (Fsp3) is 0.333.